The van der Waals surface area contributed by atoms with Gasteiger partial charge in [0.1, 0.15) is 0 Å². The molecule has 0 heterocycles. The van der Waals surface area contributed by atoms with E-state index in [1.807, 2.05) is 12.1 Å². The summed E-state index contributed by atoms with van der Waals surface area (Å²) in [4.78, 5) is 2.47. The number of rotatable bonds is 4. The molecular weight excluding hydrogens is 280 g/mol. The largest absolute Gasteiger partial charge is 0.329 e. The molecule has 0 saturated heterocycles. The summed E-state index contributed by atoms with van der Waals surface area (Å²) in [6.07, 6.45) is 6.24. The quantitative estimate of drug-likeness (QED) is 0.832. The van der Waals surface area contributed by atoms with E-state index in [4.69, 9.17) is 17.3 Å². The Hall–Kier alpha value is -0.570. The zero-order valence-corrected chi connectivity index (χ0v) is 14.4. The van der Waals surface area contributed by atoms with Crippen LogP contribution in [0.25, 0.3) is 0 Å². The second-order valence-corrected chi connectivity index (χ2v) is 7.87. The van der Waals surface area contributed by atoms with Gasteiger partial charge >= 0.3 is 0 Å². The highest BCUT2D eigenvalue weighted by atomic mass is 35.5. The van der Waals surface area contributed by atoms with Crippen LogP contribution in [0.5, 0.6) is 0 Å². The van der Waals surface area contributed by atoms with E-state index in [9.17, 15) is 0 Å². The van der Waals surface area contributed by atoms with Crippen molar-refractivity contribution in [1.82, 2.24) is 4.90 Å². The fraction of sp³-hybridized carbons (Fsp3) is 0.667. The number of likely N-dealkylation sites (N-methyl/N-ethyl adjacent to an activating group) is 1. The molecule has 1 atom stereocenters. The zero-order valence-electron chi connectivity index (χ0n) is 13.7. The highest BCUT2D eigenvalue weighted by molar-refractivity contribution is 6.30. The molecule has 2 nitrogen and oxygen atoms in total. The lowest BCUT2D eigenvalue weighted by Crippen LogP contribution is -2.51. The lowest BCUT2D eigenvalue weighted by Gasteiger charge is -2.41. The van der Waals surface area contributed by atoms with Gasteiger partial charge in [-0.2, -0.15) is 0 Å². The molecule has 1 fully saturated rings. The summed E-state index contributed by atoms with van der Waals surface area (Å²) in [5, 5.41) is 0.797. The Morgan fingerprint density at radius 2 is 1.76 bits per heavy atom. The number of hydrogen-bond donors (Lipinski definition) is 1. The van der Waals surface area contributed by atoms with E-state index in [1.54, 1.807) is 0 Å². The highest BCUT2D eigenvalue weighted by Gasteiger charge is 2.37. The lowest BCUT2D eigenvalue weighted by molar-refractivity contribution is 0.0961. The summed E-state index contributed by atoms with van der Waals surface area (Å²) in [7, 11) is 2.22. The summed E-state index contributed by atoms with van der Waals surface area (Å²) < 4.78 is 0. The van der Waals surface area contributed by atoms with E-state index in [2.05, 4.69) is 37.9 Å². The molecule has 1 unspecified atom stereocenters. The third kappa shape index (κ3) is 4.21. The number of nitrogens with zero attached hydrogens (tertiary/aromatic N) is 1. The first-order valence-electron chi connectivity index (χ1n) is 8.03. The molecule has 1 saturated carbocycles. The molecule has 1 aliphatic carbocycles. The Morgan fingerprint density at radius 1 is 1.10 bits per heavy atom. The van der Waals surface area contributed by atoms with Crippen molar-refractivity contribution >= 4 is 11.6 Å². The second-order valence-electron chi connectivity index (χ2n) is 7.43. The monoisotopic (exact) mass is 308 g/mol. The van der Waals surface area contributed by atoms with E-state index in [0.717, 1.165) is 18.1 Å². The molecular formula is C18H29ClN2. The van der Waals surface area contributed by atoms with Gasteiger partial charge in [0.05, 0.1) is 0 Å². The number of halogens is 1. The maximum absolute atomic E-state index is 6.21. The minimum atomic E-state index is 0.146. The van der Waals surface area contributed by atoms with Crippen LogP contribution in [0.1, 0.15) is 51.5 Å². The average molecular weight is 309 g/mol. The molecule has 2 N–H and O–H groups in total. The minimum absolute atomic E-state index is 0.146. The van der Waals surface area contributed by atoms with Gasteiger partial charge in [-0.05, 0) is 55.8 Å². The van der Waals surface area contributed by atoms with Gasteiger partial charge in [-0.15, -0.1) is 0 Å². The van der Waals surface area contributed by atoms with Crippen LogP contribution < -0.4 is 5.73 Å². The van der Waals surface area contributed by atoms with Crippen LogP contribution in [0, 0.1) is 5.41 Å². The van der Waals surface area contributed by atoms with Crippen LogP contribution in [0.15, 0.2) is 24.3 Å². The lowest BCUT2D eigenvalue weighted by atomic mass is 9.83. The Bertz CT molecular complexity index is 455. The smallest absolute Gasteiger partial charge is 0.0406 e. The SMILES string of the molecule is CN(Cc1ccc(Cl)cc1)C1(CN)CCCC(C)(C)CC1. The summed E-state index contributed by atoms with van der Waals surface area (Å²) >= 11 is 5.97. The molecule has 2 rings (SSSR count). The average Bonchev–Trinajstić information content (AvgIpc) is 2.60. The fourth-order valence-corrected chi connectivity index (χ4v) is 3.62. The van der Waals surface area contributed by atoms with Crippen LogP contribution in [-0.4, -0.2) is 24.0 Å². The summed E-state index contributed by atoms with van der Waals surface area (Å²) in [5.74, 6) is 0. The number of benzene rings is 1. The minimum Gasteiger partial charge on any atom is -0.329 e. The van der Waals surface area contributed by atoms with Crippen molar-refractivity contribution in [3.8, 4) is 0 Å². The zero-order chi connectivity index (χ0) is 15.5. The van der Waals surface area contributed by atoms with Crippen LogP contribution in [0.2, 0.25) is 5.02 Å². The van der Waals surface area contributed by atoms with Crippen molar-refractivity contribution in [3.63, 3.8) is 0 Å². The third-order valence-corrected chi connectivity index (χ3v) is 5.54. The standard InChI is InChI=1S/C18H29ClN2/c1-17(2)9-4-10-18(14-20,12-11-17)21(3)13-15-5-7-16(19)8-6-15/h5-8H,4,9-14,20H2,1-3H3. The van der Waals surface area contributed by atoms with Crippen molar-refractivity contribution in [2.75, 3.05) is 13.6 Å². The molecule has 21 heavy (non-hydrogen) atoms. The topological polar surface area (TPSA) is 29.3 Å². The Labute approximate surface area is 134 Å². The summed E-state index contributed by atoms with van der Waals surface area (Å²) in [6.45, 7) is 6.46. The molecule has 0 aromatic heterocycles. The molecule has 1 aromatic rings. The van der Waals surface area contributed by atoms with Gasteiger partial charge in [0.2, 0.25) is 0 Å². The first-order chi connectivity index (χ1) is 9.87. The van der Waals surface area contributed by atoms with E-state index in [0.29, 0.717) is 5.41 Å². The first-order valence-corrected chi connectivity index (χ1v) is 8.40. The third-order valence-electron chi connectivity index (χ3n) is 5.29. The summed E-state index contributed by atoms with van der Waals surface area (Å²) in [5.41, 5.74) is 8.12. The molecule has 3 heteroatoms. The van der Waals surface area contributed by atoms with E-state index < -0.39 is 0 Å². The molecule has 0 bridgehead atoms. The van der Waals surface area contributed by atoms with Gasteiger partial charge in [-0.1, -0.05) is 44.0 Å². The predicted molar refractivity (Wildman–Crippen MR) is 91.6 cm³/mol. The van der Waals surface area contributed by atoms with Crippen LogP contribution in [-0.2, 0) is 6.54 Å². The molecule has 1 aliphatic rings. The van der Waals surface area contributed by atoms with Gasteiger partial charge in [0.15, 0.2) is 0 Å². The van der Waals surface area contributed by atoms with Crippen molar-refractivity contribution < 1.29 is 0 Å². The Balaban J connectivity index is 2.10. The van der Waals surface area contributed by atoms with Gasteiger partial charge in [0.25, 0.3) is 0 Å². The fourth-order valence-electron chi connectivity index (χ4n) is 3.49. The number of nitrogens with two attached hydrogens (primary N) is 1. The van der Waals surface area contributed by atoms with Gasteiger partial charge < -0.3 is 5.73 Å². The molecule has 118 valence electrons. The van der Waals surface area contributed by atoms with E-state index in [1.165, 1.54) is 37.7 Å². The van der Waals surface area contributed by atoms with Gasteiger partial charge in [-0.3, -0.25) is 4.90 Å². The van der Waals surface area contributed by atoms with Crippen LogP contribution in [0.3, 0.4) is 0 Å². The summed E-state index contributed by atoms with van der Waals surface area (Å²) in [6, 6.07) is 8.17. The van der Waals surface area contributed by atoms with Crippen LogP contribution >= 0.6 is 11.6 Å². The maximum atomic E-state index is 6.21. The van der Waals surface area contributed by atoms with Crippen molar-refractivity contribution in [3.05, 3.63) is 34.9 Å². The number of hydrogen-bond acceptors (Lipinski definition) is 2. The first kappa shape index (κ1) is 16.8. The van der Waals surface area contributed by atoms with Crippen molar-refractivity contribution in [2.45, 2.75) is 58.0 Å². The molecule has 0 aliphatic heterocycles. The predicted octanol–water partition coefficient (Wildman–Crippen LogP) is 4.46. The molecule has 0 spiro atoms. The molecule has 0 amide bonds. The van der Waals surface area contributed by atoms with Crippen LogP contribution in [0.4, 0.5) is 0 Å². The van der Waals surface area contributed by atoms with Crippen molar-refractivity contribution in [1.29, 1.82) is 0 Å². The molecule has 1 aromatic carbocycles. The van der Waals surface area contributed by atoms with Gasteiger partial charge in [0, 0.05) is 23.7 Å². The Morgan fingerprint density at radius 3 is 2.38 bits per heavy atom. The van der Waals surface area contributed by atoms with E-state index >= 15 is 0 Å². The van der Waals surface area contributed by atoms with Gasteiger partial charge in [-0.25, -0.2) is 0 Å². The normalized spacial score (nSPS) is 25.8. The van der Waals surface area contributed by atoms with E-state index in [-0.39, 0.29) is 5.54 Å². The van der Waals surface area contributed by atoms with Crippen molar-refractivity contribution in [2.24, 2.45) is 11.1 Å². The second kappa shape index (κ2) is 6.68. The Kier molecular flexibility index (Phi) is 5.34. The highest BCUT2D eigenvalue weighted by Crippen LogP contribution is 2.40. The maximum Gasteiger partial charge on any atom is 0.0406 e. The molecule has 0 radical (unpaired) electrons.